The SMILES string of the molecule is Pc1cccc(OC2CN(C3CCCCC3)C2)c1. The Hall–Kier alpha value is -0.590. The number of ether oxygens (including phenoxy) is 1. The maximum Gasteiger partial charge on any atom is 0.124 e. The monoisotopic (exact) mass is 263 g/mol. The summed E-state index contributed by atoms with van der Waals surface area (Å²) in [7, 11) is 2.72. The first-order chi connectivity index (χ1) is 8.81. The summed E-state index contributed by atoms with van der Waals surface area (Å²) < 4.78 is 6.00. The quantitative estimate of drug-likeness (QED) is 0.777. The Labute approximate surface area is 112 Å². The van der Waals surface area contributed by atoms with Gasteiger partial charge >= 0.3 is 0 Å². The third-order valence-electron chi connectivity index (χ3n) is 4.13. The minimum absolute atomic E-state index is 0.402. The van der Waals surface area contributed by atoms with Crippen LogP contribution in [0.4, 0.5) is 0 Å². The van der Waals surface area contributed by atoms with Gasteiger partial charge in [0.1, 0.15) is 11.9 Å². The van der Waals surface area contributed by atoms with Crippen LogP contribution in [0, 0.1) is 0 Å². The van der Waals surface area contributed by atoms with E-state index in [-0.39, 0.29) is 0 Å². The molecule has 0 N–H and O–H groups in total. The van der Waals surface area contributed by atoms with Crippen LogP contribution in [0.2, 0.25) is 0 Å². The second kappa shape index (κ2) is 5.59. The Balaban J connectivity index is 1.47. The van der Waals surface area contributed by atoms with Crippen LogP contribution in [0.25, 0.3) is 0 Å². The summed E-state index contributed by atoms with van der Waals surface area (Å²) in [5, 5.41) is 1.19. The first-order valence-electron chi connectivity index (χ1n) is 7.07. The lowest BCUT2D eigenvalue weighted by molar-refractivity contribution is -0.0187. The summed E-state index contributed by atoms with van der Waals surface area (Å²) in [5.74, 6) is 1.01. The molecule has 3 heteroatoms. The van der Waals surface area contributed by atoms with Crippen LogP contribution in [0.1, 0.15) is 32.1 Å². The van der Waals surface area contributed by atoms with E-state index in [1.54, 1.807) is 0 Å². The molecular formula is C15H22NOP. The molecule has 1 aliphatic heterocycles. The van der Waals surface area contributed by atoms with Crippen molar-refractivity contribution in [3.05, 3.63) is 24.3 Å². The van der Waals surface area contributed by atoms with Crippen LogP contribution in [-0.2, 0) is 0 Å². The Kier molecular flexibility index (Phi) is 3.86. The fourth-order valence-corrected chi connectivity index (χ4v) is 3.34. The van der Waals surface area contributed by atoms with Crippen LogP contribution in [0.3, 0.4) is 0 Å². The third-order valence-corrected chi connectivity index (χ3v) is 4.49. The molecule has 1 heterocycles. The molecule has 1 aromatic rings. The Morgan fingerprint density at radius 1 is 1.11 bits per heavy atom. The standard InChI is InChI=1S/C15H22NOP/c18-15-8-4-7-13(9-15)17-14-10-16(11-14)12-5-2-1-3-6-12/h4,7-9,12,14H,1-3,5-6,10-11,18H2. The summed E-state index contributed by atoms with van der Waals surface area (Å²) >= 11 is 0. The van der Waals surface area contributed by atoms with E-state index in [9.17, 15) is 0 Å². The number of rotatable bonds is 3. The Bertz CT molecular complexity index is 397. The second-order valence-electron chi connectivity index (χ2n) is 5.56. The van der Waals surface area contributed by atoms with Crippen molar-refractivity contribution in [2.75, 3.05) is 13.1 Å². The average molecular weight is 263 g/mol. The molecule has 2 fully saturated rings. The van der Waals surface area contributed by atoms with Gasteiger partial charge in [0, 0.05) is 19.1 Å². The van der Waals surface area contributed by atoms with Gasteiger partial charge < -0.3 is 4.74 Å². The van der Waals surface area contributed by atoms with Gasteiger partial charge in [-0.15, -0.1) is 9.24 Å². The summed E-state index contributed by atoms with van der Waals surface area (Å²) in [4.78, 5) is 2.61. The lowest BCUT2D eigenvalue weighted by Gasteiger charge is -2.45. The maximum atomic E-state index is 6.00. The number of hydrogen-bond donors (Lipinski definition) is 0. The van der Waals surface area contributed by atoms with E-state index in [0.29, 0.717) is 6.10 Å². The van der Waals surface area contributed by atoms with Crippen molar-refractivity contribution in [2.24, 2.45) is 0 Å². The zero-order chi connectivity index (χ0) is 12.4. The van der Waals surface area contributed by atoms with Gasteiger partial charge in [0.2, 0.25) is 0 Å². The van der Waals surface area contributed by atoms with Crippen LogP contribution in [-0.4, -0.2) is 30.1 Å². The van der Waals surface area contributed by atoms with E-state index >= 15 is 0 Å². The molecule has 18 heavy (non-hydrogen) atoms. The van der Waals surface area contributed by atoms with Gasteiger partial charge in [-0.2, -0.15) is 0 Å². The highest BCUT2D eigenvalue weighted by molar-refractivity contribution is 7.27. The molecule has 1 saturated heterocycles. The number of benzene rings is 1. The highest BCUT2D eigenvalue weighted by atomic mass is 31.0. The largest absolute Gasteiger partial charge is 0.488 e. The number of likely N-dealkylation sites (tertiary alicyclic amines) is 1. The minimum Gasteiger partial charge on any atom is -0.488 e. The Morgan fingerprint density at radius 3 is 2.61 bits per heavy atom. The molecule has 0 radical (unpaired) electrons. The van der Waals surface area contributed by atoms with Gasteiger partial charge in [-0.1, -0.05) is 31.4 Å². The van der Waals surface area contributed by atoms with Gasteiger partial charge in [-0.25, -0.2) is 0 Å². The molecule has 0 bridgehead atoms. The van der Waals surface area contributed by atoms with E-state index in [1.807, 2.05) is 0 Å². The Morgan fingerprint density at radius 2 is 1.89 bits per heavy atom. The third kappa shape index (κ3) is 2.87. The molecule has 1 saturated carbocycles. The first-order valence-corrected chi connectivity index (χ1v) is 7.65. The first kappa shape index (κ1) is 12.4. The van der Waals surface area contributed by atoms with Crippen molar-refractivity contribution < 1.29 is 4.74 Å². The molecule has 1 atom stereocenters. The normalized spacial score (nSPS) is 22.7. The number of hydrogen-bond acceptors (Lipinski definition) is 2. The molecule has 98 valence electrons. The van der Waals surface area contributed by atoms with Crippen LogP contribution in [0.15, 0.2) is 24.3 Å². The lowest BCUT2D eigenvalue weighted by Crippen LogP contribution is -2.58. The van der Waals surface area contributed by atoms with Crippen molar-refractivity contribution >= 4 is 14.5 Å². The summed E-state index contributed by atoms with van der Waals surface area (Å²) in [6, 6.07) is 9.11. The predicted octanol–water partition coefficient (Wildman–Crippen LogP) is 2.58. The fraction of sp³-hybridized carbons (Fsp3) is 0.600. The van der Waals surface area contributed by atoms with Crippen molar-refractivity contribution in [1.29, 1.82) is 0 Å². The van der Waals surface area contributed by atoms with E-state index in [0.717, 1.165) is 24.9 Å². The lowest BCUT2D eigenvalue weighted by atomic mass is 9.92. The van der Waals surface area contributed by atoms with E-state index in [2.05, 4.69) is 38.4 Å². The molecule has 1 unspecified atom stereocenters. The molecule has 2 nitrogen and oxygen atoms in total. The predicted molar refractivity (Wildman–Crippen MR) is 78.6 cm³/mol. The topological polar surface area (TPSA) is 12.5 Å². The molecule has 3 rings (SSSR count). The number of nitrogens with zero attached hydrogens (tertiary/aromatic N) is 1. The molecule has 1 aromatic carbocycles. The zero-order valence-corrected chi connectivity index (χ0v) is 12.0. The maximum absolute atomic E-state index is 6.00. The van der Waals surface area contributed by atoms with Crippen molar-refractivity contribution in [2.45, 2.75) is 44.2 Å². The highest BCUT2D eigenvalue weighted by Crippen LogP contribution is 2.27. The fourth-order valence-electron chi connectivity index (χ4n) is 3.07. The minimum atomic E-state index is 0.402. The van der Waals surface area contributed by atoms with Gasteiger partial charge in [0.05, 0.1) is 0 Å². The highest BCUT2D eigenvalue weighted by Gasteiger charge is 2.34. The molecule has 1 aliphatic carbocycles. The van der Waals surface area contributed by atoms with Crippen molar-refractivity contribution in [3.63, 3.8) is 0 Å². The summed E-state index contributed by atoms with van der Waals surface area (Å²) in [6.07, 6.45) is 7.47. The van der Waals surface area contributed by atoms with Crippen molar-refractivity contribution in [1.82, 2.24) is 4.90 Å². The van der Waals surface area contributed by atoms with Gasteiger partial charge in [0.25, 0.3) is 0 Å². The van der Waals surface area contributed by atoms with Crippen LogP contribution >= 0.6 is 9.24 Å². The molecular weight excluding hydrogens is 241 g/mol. The molecule has 0 amide bonds. The van der Waals surface area contributed by atoms with E-state index in [1.165, 1.54) is 37.4 Å². The molecule has 0 spiro atoms. The average Bonchev–Trinajstić information content (AvgIpc) is 2.34. The summed E-state index contributed by atoms with van der Waals surface area (Å²) in [6.45, 7) is 2.23. The van der Waals surface area contributed by atoms with Crippen LogP contribution < -0.4 is 10.0 Å². The van der Waals surface area contributed by atoms with E-state index in [4.69, 9.17) is 4.74 Å². The van der Waals surface area contributed by atoms with Gasteiger partial charge in [0.15, 0.2) is 0 Å². The van der Waals surface area contributed by atoms with E-state index < -0.39 is 0 Å². The zero-order valence-electron chi connectivity index (χ0n) is 10.8. The molecule has 2 aliphatic rings. The second-order valence-corrected chi connectivity index (χ2v) is 6.22. The van der Waals surface area contributed by atoms with Gasteiger partial charge in [-0.3, -0.25) is 4.90 Å². The van der Waals surface area contributed by atoms with Gasteiger partial charge in [-0.05, 0) is 30.3 Å². The van der Waals surface area contributed by atoms with Crippen molar-refractivity contribution in [3.8, 4) is 5.75 Å². The smallest absolute Gasteiger partial charge is 0.124 e. The molecule has 0 aromatic heterocycles. The van der Waals surface area contributed by atoms with Crippen LogP contribution in [0.5, 0.6) is 5.75 Å². The summed E-state index contributed by atoms with van der Waals surface area (Å²) in [5.41, 5.74) is 0.